The third-order valence-corrected chi connectivity index (χ3v) is 4.47. The van der Waals surface area contributed by atoms with Gasteiger partial charge in [0.25, 0.3) is 5.69 Å². The predicted octanol–water partition coefficient (Wildman–Crippen LogP) is 2.76. The Bertz CT molecular complexity index is 570. The largest absolute Gasteiger partial charge is 0.273 e. The van der Waals surface area contributed by atoms with E-state index in [2.05, 4.69) is 11.6 Å². The number of benzene rings is 1. The van der Waals surface area contributed by atoms with Gasteiger partial charge >= 0.3 is 0 Å². The van der Waals surface area contributed by atoms with Gasteiger partial charge in [0.15, 0.2) is 0 Å². The Kier molecular flexibility index (Phi) is 6.09. The molecule has 0 saturated carbocycles. The Morgan fingerprint density at radius 1 is 1.25 bits per heavy atom. The Morgan fingerprint density at radius 2 is 1.95 bits per heavy atom. The number of nitrogens with zero attached hydrogens (tertiary/aromatic N) is 1. The molecule has 0 bridgehead atoms. The minimum atomic E-state index is -3.67. The molecule has 0 aromatic heterocycles. The number of aryl methyl sites for hydroxylation is 1. The van der Waals surface area contributed by atoms with Crippen molar-refractivity contribution >= 4 is 15.7 Å². The highest BCUT2D eigenvalue weighted by atomic mass is 32.2. The molecular weight excluding hydrogens is 280 g/mol. The molecular formula is C13H20N2O4S. The first kappa shape index (κ1) is 16.6. The Morgan fingerprint density at radius 3 is 2.55 bits per heavy atom. The van der Waals surface area contributed by atoms with Gasteiger partial charge in [-0.25, -0.2) is 13.1 Å². The van der Waals surface area contributed by atoms with Crippen LogP contribution < -0.4 is 4.72 Å². The molecule has 112 valence electrons. The molecule has 6 nitrogen and oxygen atoms in total. The first-order valence-corrected chi connectivity index (χ1v) is 8.11. The number of hydrogen-bond acceptors (Lipinski definition) is 4. The summed E-state index contributed by atoms with van der Waals surface area (Å²) in [6.07, 6.45) is 3.88. The Labute approximate surface area is 119 Å². The molecule has 7 heteroatoms. The minimum Gasteiger partial charge on any atom is -0.258 e. The lowest BCUT2D eigenvalue weighted by molar-refractivity contribution is -0.385. The van der Waals surface area contributed by atoms with Crippen LogP contribution in [-0.2, 0) is 10.0 Å². The molecule has 0 spiro atoms. The maximum Gasteiger partial charge on any atom is 0.273 e. The molecule has 1 aromatic rings. The molecule has 0 amide bonds. The van der Waals surface area contributed by atoms with Crippen molar-refractivity contribution in [2.45, 2.75) is 44.4 Å². The normalized spacial score (nSPS) is 11.5. The van der Waals surface area contributed by atoms with Gasteiger partial charge in [0.2, 0.25) is 10.0 Å². The lowest BCUT2D eigenvalue weighted by Crippen LogP contribution is -2.24. The van der Waals surface area contributed by atoms with Crippen LogP contribution in [0.5, 0.6) is 0 Å². The summed E-state index contributed by atoms with van der Waals surface area (Å²) >= 11 is 0. The van der Waals surface area contributed by atoms with Gasteiger partial charge < -0.3 is 0 Å². The summed E-state index contributed by atoms with van der Waals surface area (Å²) in [5.74, 6) is 0. The summed E-state index contributed by atoms with van der Waals surface area (Å²) in [5.41, 5.74) is 0.260. The molecule has 0 saturated heterocycles. The molecule has 0 aliphatic rings. The van der Waals surface area contributed by atoms with Gasteiger partial charge in [-0.2, -0.15) is 0 Å². The van der Waals surface area contributed by atoms with Crippen molar-refractivity contribution < 1.29 is 13.3 Å². The molecule has 0 aliphatic carbocycles. The zero-order valence-electron chi connectivity index (χ0n) is 11.8. The van der Waals surface area contributed by atoms with E-state index >= 15 is 0 Å². The number of sulfonamides is 1. The van der Waals surface area contributed by atoms with E-state index in [-0.39, 0.29) is 10.6 Å². The predicted molar refractivity (Wildman–Crippen MR) is 77.2 cm³/mol. The standard InChI is InChI=1S/C13H20N2O4S/c1-3-4-5-6-9-14-20(18,19)12-8-7-11(2)13(10-12)15(16)17/h7-8,10,14H,3-6,9H2,1-2H3. The van der Waals surface area contributed by atoms with Gasteiger partial charge in [-0.05, 0) is 19.4 Å². The Balaban J connectivity index is 2.77. The average Bonchev–Trinajstić information content (AvgIpc) is 2.38. The third-order valence-electron chi connectivity index (χ3n) is 3.01. The van der Waals surface area contributed by atoms with Gasteiger partial charge in [-0.15, -0.1) is 0 Å². The second kappa shape index (κ2) is 7.35. The van der Waals surface area contributed by atoms with Crippen molar-refractivity contribution in [2.75, 3.05) is 6.54 Å². The van der Waals surface area contributed by atoms with Gasteiger partial charge in [0.1, 0.15) is 0 Å². The van der Waals surface area contributed by atoms with Crippen molar-refractivity contribution in [1.82, 2.24) is 4.72 Å². The number of nitro groups is 1. The Hall–Kier alpha value is -1.47. The van der Waals surface area contributed by atoms with Crippen LogP contribution in [0.2, 0.25) is 0 Å². The van der Waals surface area contributed by atoms with Crippen LogP contribution >= 0.6 is 0 Å². The first-order valence-electron chi connectivity index (χ1n) is 6.63. The summed E-state index contributed by atoms with van der Waals surface area (Å²) in [5, 5.41) is 10.8. The maximum absolute atomic E-state index is 12.0. The molecule has 1 rings (SSSR count). The monoisotopic (exact) mass is 300 g/mol. The van der Waals surface area contributed by atoms with Crippen LogP contribution in [0.1, 0.15) is 38.2 Å². The fourth-order valence-corrected chi connectivity index (χ4v) is 2.89. The SMILES string of the molecule is CCCCCCNS(=O)(=O)c1ccc(C)c([N+](=O)[O-])c1. The molecule has 0 heterocycles. The highest BCUT2D eigenvalue weighted by Crippen LogP contribution is 2.22. The lowest BCUT2D eigenvalue weighted by Gasteiger charge is -2.07. The summed E-state index contributed by atoms with van der Waals surface area (Å²) in [6.45, 7) is 4.01. The maximum atomic E-state index is 12.0. The van der Waals surface area contributed by atoms with E-state index in [1.165, 1.54) is 12.1 Å². The molecule has 0 aliphatic heterocycles. The fourth-order valence-electron chi connectivity index (χ4n) is 1.79. The van der Waals surface area contributed by atoms with E-state index in [0.29, 0.717) is 12.1 Å². The molecule has 0 fully saturated rings. The molecule has 0 atom stereocenters. The number of nitrogens with one attached hydrogen (secondary N) is 1. The number of rotatable bonds is 8. The van der Waals surface area contributed by atoms with E-state index in [4.69, 9.17) is 0 Å². The van der Waals surface area contributed by atoms with Crippen LogP contribution in [0.25, 0.3) is 0 Å². The van der Waals surface area contributed by atoms with Crippen LogP contribution in [0.4, 0.5) is 5.69 Å². The van der Waals surface area contributed by atoms with Crippen LogP contribution in [0.3, 0.4) is 0 Å². The summed E-state index contributed by atoms with van der Waals surface area (Å²) in [4.78, 5) is 10.2. The average molecular weight is 300 g/mol. The number of unbranched alkanes of at least 4 members (excludes halogenated alkanes) is 3. The zero-order chi connectivity index (χ0) is 15.2. The minimum absolute atomic E-state index is 0.0645. The van der Waals surface area contributed by atoms with E-state index in [1.54, 1.807) is 6.92 Å². The van der Waals surface area contributed by atoms with Crippen molar-refractivity contribution in [3.8, 4) is 0 Å². The quantitative estimate of drug-likeness (QED) is 0.454. The van der Waals surface area contributed by atoms with Crippen molar-refractivity contribution in [2.24, 2.45) is 0 Å². The van der Waals surface area contributed by atoms with Gasteiger partial charge in [-0.1, -0.05) is 32.3 Å². The second-order valence-corrected chi connectivity index (χ2v) is 6.43. The van der Waals surface area contributed by atoms with E-state index in [1.807, 2.05) is 0 Å². The van der Waals surface area contributed by atoms with E-state index in [0.717, 1.165) is 31.7 Å². The first-order chi connectivity index (χ1) is 9.38. The van der Waals surface area contributed by atoms with Crippen molar-refractivity contribution in [3.63, 3.8) is 0 Å². The molecule has 1 N–H and O–H groups in total. The third kappa shape index (κ3) is 4.57. The molecule has 1 aromatic carbocycles. The zero-order valence-corrected chi connectivity index (χ0v) is 12.6. The van der Waals surface area contributed by atoms with E-state index < -0.39 is 14.9 Å². The molecule has 0 unspecified atom stereocenters. The van der Waals surface area contributed by atoms with E-state index in [9.17, 15) is 18.5 Å². The van der Waals surface area contributed by atoms with Gasteiger partial charge in [0, 0.05) is 18.2 Å². The van der Waals surface area contributed by atoms with Crippen molar-refractivity contribution in [1.29, 1.82) is 0 Å². The van der Waals surface area contributed by atoms with Gasteiger partial charge in [0.05, 0.1) is 9.82 Å². The number of hydrogen-bond donors (Lipinski definition) is 1. The number of nitro benzene ring substituents is 1. The topological polar surface area (TPSA) is 89.3 Å². The van der Waals surface area contributed by atoms with Crippen LogP contribution in [0.15, 0.2) is 23.1 Å². The second-order valence-electron chi connectivity index (χ2n) is 4.66. The fraction of sp³-hybridized carbons (Fsp3) is 0.538. The van der Waals surface area contributed by atoms with Gasteiger partial charge in [-0.3, -0.25) is 10.1 Å². The summed E-state index contributed by atoms with van der Waals surface area (Å²) < 4.78 is 26.5. The van der Waals surface area contributed by atoms with Crippen molar-refractivity contribution in [3.05, 3.63) is 33.9 Å². The smallest absolute Gasteiger partial charge is 0.258 e. The lowest BCUT2D eigenvalue weighted by atomic mass is 10.2. The molecule has 20 heavy (non-hydrogen) atoms. The summed E-state index contributed by atoms with van der Waals surface area (Å²) in [6, 6.07) is 3.93. The highest BCUT2D eigenvalue weighted by molar-refractivity contribution is 7.89. The highest BCUT2D eigenvalue weighted by Gasteiger charge is 2.19. The molecule has 0 radical (unpaired) electrons. The van der Waals surface area contributed by atoms with Crippen LogP contribution in [-0.4, -0.2) is 19.9 Å². The summed E-state index contributed by atoms with van der Waals surface area (Å²) in [7, 11) is -3.67. The van der Waals surface area contributed by atoms with Crippen LogP contribution in [0, 0.1) is 17.0 Å².